The molecule has 1 atom stereocenters. The summed E-state index contributed by atoms with van der Waals surface area (Å²) in [5.41, 5.74) is 0.221. The third-order valence-corrected chi connectivity index (χ3v) is 5.86. The van der Waals surface area contributed by atoms with Crippen molar-refractivity contribution < 1.29 is 22.5 Å². The predicted molar refractivity (Wildman–Crippen MR) is 89.4 cm³/mol. The molecule has 0 bridgehead atoms. The van der Waals surface area contributed by atoms with Gasteiger partial charge < -0.3 is 4.74 Å². The molecular weight excluding hydrogens is 351 g/mol. The second-order valence-electron chi connectivity index (χ2n) is 5.34. The van der Waals surface area contributed by atoms with Crippen molar-refractivity contribution in [2.24, 2.45) is 0 Å². The van der Waals surface area contributed by atoms with Gasteiger partial charge in [-0.3, -0.25) is 10.1 Å². The highest BCUT2D eigenvalue weighted by atomic mass is 32.2. The number of nitro benzene ring substituents is 1. The van der Waals surface area contributed by atoms with Crippen LogP contribution < -0.4 is 4.74 Å². The molecule has 1 unspecified atom stereocenters. The lowest BCUT2D eigenvalue weighted by atomic mass is 10.1. The summed E-state index contributed by atoms with van der Waals surface area (Å²) < 4.78 is 45.0. The summed E-state index contributed by atoms with van der Waals surface area (Å²) in [6.07, 6.45) is 0. The first kappa shape index (κ1) is 18.8. The maximum atomic E-state index is 13.1. The lowest BCUT2D eigenvalue weighted by molar-refractivity contribution is -0.385. The molecule has 0 saturated heterocycles. The Morgan fingerprint density at radius 1 is 1.20 bits per heavy atom. The van der Waals surface area contributed by atoms with Crippen molar-refractivity contribution in [1.29, 1.82) is 0 Å². The Labute approximate surface area is 144 Å². The summed E-state index contributed by atoms with van der Waals surface area (Å²) in [5.74, 6) is -0.425. The van der Waals surface area contributed by atoms with E-state index in [1.165, 1.54) is 50.6 Å². The van der Waals surface area contributed by atoms with Crippen molar-refractivity contribution in [3.8, 4) is 5.75 Å². The van der Waals surface area contributed by atoms with Gasteiger partial charge in [0.25, 0.3) is 5.69 Å². The van der Waals surface area contributed by atoms with Crippen LogP contribution in [0.5, 0.6) is 5.75 Å². The number of sulfonamides is 1. The molecule has 0 saturated carbocycles. The zero-order chi connectivity index (χ0) is 18.8. The summed E-state index contributed by atoms with van der Waals surface area (Å²) in [4.78, 5) is 9.97. The molecule has 2 aromatic carbocycles. The molecule has 0 heterocycles. The fourth-order valence-corrected chi connectivity index (χ4v) is 3.82. The molecule has 0 fully saturated rings. The van der Waals surface area contributed by atoms with Gasteiger partial charge in [0.1, 0.15) is 16.5 Å². The Morgan fingerprint density at radius 3 is 2.32 bits per heavy atom. The van der Waals surface area contributed by atoms with Crippen LogP contribution in [-0.2, 0) is 10.0 Å². The number of nitrogens with zero attached hydrogens (tertiary/aromatic N) is 2. The second-order valence-corrected chi connectivity index (χ2v) is 7.31. The van der Waals surface area contributed by atoms with E-state index in [1.54, 1.807) is 6.92 Å². The fourth-order valence-electron chi connectivity index (χ4n) is 2.30. The van der Waals surface area contributed by atoms with E-state index in [2.05, 4.69) is 0 Å². The fraction of sp³-hybridized carbons (Fsp3) is 0.250. The minimum Gasteiger partial charge on any atom is -0.495 e. The molecule has 134 valence electrons. The van der Waals surface area contributed by atoms with Gasteiger partial charge in [-0.25, -0.2) is 12.8 Å². The summed E-state index contributed by atoms with van der Waals surface area (Å²) in [5, 5.41) is 11.0. The first-order valence-corrected chi connectivity index (χ1v) is 8.68. The van der Waals surface area contributed by atoms with E-state index in [0.29, 0.717) is 5.56 Å². The number of ether oxygens (including phenoxy) is 1. The molecule has 0 aliphatic heterocycles. The van der Waals surface area contributed by atoms with Crippen LogP contribution in [0.15, 0.2) is 47.4 Å². The molecule has 0 amide bonds. The average Bonchev–Trinajstić information content (AvgIpc) is 2.60. The molecule has 9 heteroatoms. The molecule has 25 heavy (non-hydrogen) atoms. The van der Waals surface area contributed by atoms with Crippen LogP contribution >= 0.6 is 0 Å². The van der Waals surface area contributed by atoms with Crippen LogP contribution in [0.1, 0.15) is 18.5 Å². The maximum absolute atomic E-state index is 13.1. The first-order valence-electron chi connectivity index (χ1n) is 7.24. The van der Waals surface area contributed by atoms with E-state index in [0.717, 1.165) is 10.4 Å². The van der Waals surface area contributed by atoms with E-state index in [1.807, 2.05) is 0 Å². The van der Waals surface area contributed by atoms with Gasteiger partial charge in [0.15, 0.2) is 0 Å². The second kappa shape index (κ2) is 7.16. The number of non-ortho nitro benzene ring substituents is 1. The molecule has 0 aromatic heterocycles. The lowest BCUT2D eigenvalue weighted by Crippen LogP contribution is -2.30. The molecule has 7 nitrogen and oxygen atoms in total. The van der Waals surface area contributed by atoms with Crippen LogP contribution in [0.3, 0.4) is 0 Å². The number of benzene rings is 2. The van der Waals surface area contributed by atoms with Crippen molar-refractivity contribution in [2.45, 2.75) is 17.9 Å². The normalized spacial score (nSPS) is 12.8. The largest absolute Gasteiger partial charge is 0.495 e. The van der Waals surface area contributed by atoms with E-state index in [-0.39, 0.29) is 16.3 Å². The van der Waals surface area contributed by atoms with Crippen molar-refractivity contribution in [2.75, 3.05) is 14.2 Å². The van der Waals surface area contributed by atoms with Gasteiger partial charge in [-0.15, -0.1) is 0 Å². The van der Waals surface area contributed by atoms with E-state index in [9.17, 15) is 22.9 Å². The average molecular weight is 368 g/mol. The third-order valence-electron chi connectivity index (χ3n) is 3.91. The van der Waals surface area contributed by atoms with Crippen molar-refractivity contribution >= 4 is 15.7 Å². The maximum Gasteiger partial charge on any atom is 0.271 e. The molecule has 0 aliphatic carbocycles. The molecule has 0 aliphatic rings. The Hall–Kier alpha value is -2.52. The number of nitro groups is 1. The van der Waals surface area contributed by atoms with Crippen LogP contribution in [0.4, 0.5) is 10.1 Å². The predicted octanol–water partition coefficient (Wildman–Crippen LogP) is 3.12. The highest BCUT2D eigenvalue weighted by Crippen LogP contribution is 2.33. The molecular formula is C16H17FN2O5S. The Kier molecular flexibility index (Phi) is 5.39. The number of rotatable bonds is 6. The minimum absolute atomic E-state index is 0.00348. The summed E-state index contributed by atoms with van der Waals surface area (Å²) in [6.45, 7) is 1.63. The quantitative estimate of drug-likeness (QED) is 0.577. The molecule has 0 N–H and O–H groups in total. The SMILES string of the molecule is COc1ccc([N+](=O)[O-])cc1S(=O)(=O)N(C)C(C)c1ccc(F)cc1. The Bertz CT molecular complexity index is 884. The Morgan fingerprint density at radius 2 is 1.80 bits per heavy atom. The van der Waals surface area contributed by atoms with Gasteiger partial charge in [-0.1, -0.05) is 12.1 Å². The van der Waals surface area contributed by atoms with E-state index in [4.69, 9.17) is 4.74 Å². The standard InChI is InChI=1S/C16H17FN2O5S/c1-11(12-4-6-13(17)7-5-12)18(2)25(22,23)16-10-14(19(20)21)8-9-15(16)24-3/h4-11H,1-3H3. The van der Waals surface area contributed by atoms with Gasteiger partial charge >= 0.3 is 0 Å². The van der Waals surface area contributed by atoms with E-state index < -0.39 is 26.8 Å². The van der Waals surface area contributed by atoms with Gasteiger partial charge in [0, 0.05) is 25.2 Å². The zero-order valence-corrected chi connectivity index (χ0v) is 14.7. The molecule has 2 rings (SSSR count). The van der Waals surface area contributed by atoms with Crippen molar-refractivity contribution in [3.63, 3.8) is 0 Å². The number of hydrogen-bond acceptors (Lipinski definition) is 5. The van der Waals surface area contributed by atoms with Crippen LogP contribution in [-0.4, -0.2) is 31.8 Å². The molecule has 2 aromatic rings. The summed E-state index contributed by atoms with van der Waals surface area (Å²) in [6, 6.07) is 8.19. The topological polar surface area (TPSA) is 89.7 Å². The minimum atomic E-state index is -4.09. The highest BCUT2D eigenvalue weighted by molar-refractivity contribution is 7.89. The van der Waals surface area contributed by atoms with Gasteiger partial charge in [-0.05, 0) is 30.7 Å². The molecule has 0 radical (unpaired) electrons. The zero-order valence-electron chi connectivity index (χ0n) is 13.8. The van der Waals surface area contributed by atoms with Crippen LogP contribution in [0.25, 0.3) is 0 Å². The number of hydrogen-bond donors (Lipinski definition) is 0. The van der Waals surface area contributed by atoms with Gasteiger partial charge in [-0.2, -0.15) is 4.31 Å². The lowest BCUT2D eigenvalue weighted by Gasteiger charge is -2.25. The first-order chi connectivity index (χ1) is 11.7. The van der Waals surface area contributed by atoms with E-state index >= 15 is 0 Å². The Balaban J connectivity index is 2.48. The van der Waals surface area contributed by atoms with Crippen LogP contribution in [0, 0.1) is 15.9 Å². The third kappa shape index (κ3) is 3.77. The van der Waals surface area contributed by atoms with Crippen molar-refractivity contribution in [3.05, 3.63) is 64.0 Å². The smallest absolute Gasteiger partial charge is 0.271 e. The molecule has 0 spiro atoms. The number of methoxy groups -OCH3 is 1. The van der Waals surface area contributed by atoms with Crippen LogP contribution in [0.2, 0.25) is 0 Å². The summed E-state index contributed by atoms with van der Waals surface area (Å²) >= 11 is 0. The monoisotopic (exact) mass is 368 g/mol. The van der Waals surface area contributed by atoms with Crippen molar-refractivity contribution in [1.82, 2.24) is 4.31 Å². The van der Waals surface area contributed by atoms with Gasteiger partial charge in [0.2, 0.25) is 10.0 Å². The summed E-state index contributed by atoms with van der Waals surface area (Å²) in [7, 11) is -1.45. The van der Waals surface area contributed by atoms with Gasteiger partial charge in [0.05, 0.1) is 12.0 Å². The number of halogens is 1. The highest BCUT2D eigenvalue weighted by Gasteiger charge is 2.30.